The fourth-order valence-corrected chi connectivity index (χ4v) is 2.40. The molecule has 0 aromatic carbocycles. The molecular weight excluding hydrogens is 146 g/mol. The fraction of sp³-hybridized carbons (Fsp3) is 1.00. The van der Waals surface area contributed by atoms with Crippen LogP contribution in [0.3, 0.4) is 0 Å². The third-order valence-corrected chi connectivity index (χ3v) is 2.40. The summed E-state index contributed by atoms with van der Waals surface area (Å²) in [7, 11) is 8.50. The summed E-state index contributed by atoms with van der Waals surface area (Å²) in [5.74, 6) is 0. The molecule has 2 nitrogen and oxygen atoms in total. The summed E-state index contributed by atoms with van der Waals surface area (Å²) in [6.45, 7) is 0. The summed E-state index contributed by atoms with van der Waals surface area (Å²) < 4.78 is 4.56. The molecule has 0 aromatic heterocycles. The first-order valence-electron chi connectivity index (χ1n) is 2.31. The molecule has 0 unspecified atom stereocenters. The Morgan fingerprint density at radius 1 is 0.857 bits per heavy atom. The van der Waals surface area contributed by atoms with Crippen molar-refractivity contribution in [2.75, 3.05) is 28.2 Å². The van der Waals surface area contributed by atoms with Gasteiger partial charge in [-0.2, -0.15) is 0 Å². The van der Waals surface area contributed by atoms with Gasteiger partial charge < -0.3 is 0 Å². The molecule has 0 saturated heterocycles. The van der Waals surface area contributed by atoms with E-state index in [-0.39, 0.29) is 17.9 Å². The first-order chi connectivity index (χ1) is 3.13. The number of hydrogen-bond donors (Lipinski definition) is 0. The molecule has 0 aliphatic heterocycles. The summed E-state index contributed by atoms with van der Waals surface area (Å²) >= 11 is -0.188. The quantitative estimate of drug-likeness (QED) is 0.506. The van der Waals surface area contributed by atoms with Crippen molar-refractivity contribution in [3.63, 3.8) is 0 Å². The molecule has 0 rings (SSSR count). The van der Waals surface area contributed by atoms with Gasteiger partial charge in [0.1, 0.15) is 0 Å². The van der Waals surface area contributed by atoms with Crippen molar-refractivity contribution >= 4 is 17.9 Å². The Hall–Kier alpha value is 0.556. The molecule has 2 radical (unpaired) electrons. The molecule has 0 bridgehead atoms. The molecule has 0 atom stereocenters. The molecule has 0 saturated carbocycles. The average molecular weight is 158 g/mol. The Labute approximate surface area is 53.8 Å². The second-order valence-electron chi connectivity index (χ2n) is 2.04. The van der Waals surface area contributed by atoms with Crippen LogP contribution in [-0.4, -0.2) is 53.3 Å². The zero-order valence-electron chi connectivity index (χ0n) is 5.47. The zero-order chi connectivity index (χ0) is 5.86. The Balaban J connectivity index is 2.95. The van der Waals surface area contributed by atoms with Crippen LogP contribution in [0.15, 0.2) is 0 Å². The van der Waals surface area contributed by atoms with Crippen LogP contribution in [0.1, 0.15) is 0 Å². The van der Waals surface area contributed by atoms with E-state index < -0.39 is 0 Å². The fourth-order valence-electron chi connectivity index (χ4n) is 0.462. The van der Waals surface area contributed by atoms with Crippen LogP contribution < -0.4 is 0 Å². The van der Waals surface area contributed by atoms with Crippen LogP contribution in [0.5, 0.6) is 0 Å². The van der Waals surface area contributed by atoms with Crippen molar-refractivity contribution in [3.05, 3.63) is 0 Å². The van der Waals surface area contributed by atoms with Crippen molar-refractivity contribution in [3.8, 4) is 0 Å². The monoisotopic (exact) mass is 157 g/mol. The topological polar surface area (TPSA) is 6.48 Å². The van der Waals surface area contributed by atoms with E-state index in [1.807, 2.05) is 0 Å². The molecular formula is C4H12GaN2-. The number of rotatable bonds is 2. The molecule has 3 heteroatoms. The van der Waals surface area contributed by atoms with Gasteiger partial charge in [-0.3, -0.25) is 0 Å². The molecule has 0 fully saturated rings. The van der Waals surface area contributed by atoms with Gasteiger partial charge in [-0.25, -0.2) is 0 Å². The number of nitrogens with zero attached hydrogens (tertiary/aromatic N) is 2. The van der Waals surface area contributed by atoms with E-state index in [1.54, 1.807) is 0 Å². The van der Waals surface area contributed by atoms with Crippen molar-refractivity contribution in [2.24, 2.45) is 0 Å². The van der Waals surface area contributed by atoms with Gasteiger partial charge in [-0.1, -0.05) is 0 Å². The predicted octanol–water partition coefficient (Wildman–Crippen LogP) is -0.356. The molecule has 0 N–H and O–H groups in total. The average Bonchev–Trinajstić information content (AvgIpc) is 1.27. The first kappa shape index (κ1) is 7.56. The summed E-state index contributed by atoms with van der Waals surface area (Å²) in [4.78, 5) is 0. The van der Waals surface area contributed by atoms with Crippen LogP contribution in [0, 0.1) is 0 Å². The van der Waals surface area contributed by atoms with E-state index in [9.17, 15) is 0 Å². The Morgan fingerprint density at radius 3 is 1.14 bits per heavy atom. The maximum atomic E-state index is 2.28. The van der Waals surface area contributed by atoms with E-state index in [1.165, 1.54) is 0 Å². The van der Waals surface area contributed by atoms with E-state index in [4.69, 9.17) is 0 Å². The van der Waals surface area contributed by atoms with Gasteiger partial charge in [0, 0.05) is 0 Å². The molecule has 7 heavy (non-hydrogen) atoms. The van der Waals surface area contributed by atoms with E-state index in [2.05, 4.69) is 35.4 Å². The number of hydrogen-bond acceptors (Lipinski definition) is 2. The molecule has 42 valence electrons. The summed E-state index contributed by atoms with van der Waals surface area (Å²) in [5, 5.41) is 0. The standard InChI is InChI=1S/2C2H6N.Ga/c2*1-3-2;/h2*1-2H3;/q2*-1;+1. The minimum absolute atomic E-state index is 0.188. The van der Waals surface area contributed by atoms with Crippen LogP contribution in [0.25, 0.3) is 0 Å². The third-order valence-electron chi connectivity index (χ3n) is 0.462. The van der Waals surface area contributed by atoms with Gasteiger partial charge in [0.05, 0.1) is 0 Å². The summed E-state index contributed by atoms with van der Waals surface area (Å²) in [6, 6.07) is 0. The molecule has 0 aromatic rings. The van der Waals surface area contributed by atoms with Crippen LogP contribution in [0.4, 0.5) is 0 Å². The van der Waals surface area contributed by atoms with Crippen LogP contribution in [-0.2, 0) is 0 Å². The molecule has 0 heterocycles. The molecule has 0 aliphatic carbocycles. The van der Waals surface area contributed by atoms with Gasteiger partial charge in [0.25, 0.3) is 0 Å². The maximum absolute atomic E-state index is 2.28. The van der Waals surface area contributed by atoms with Crippen molar-refractivity contribution in [2.45, 2.75) is 0 Å². The summed E-state index contributed by atoms with van der Waals surface area (Å²) in [6.07, 6.45) is 0. The Kier molecular flexibility index (Phi) is 3.83. The van der Waals surface area contributed by atoms with Gasteiger partial charge in [-0.15, -0.1) is 0 Å². The zero-order valence-corrected chi connectivity index (χ0v) is 7.89. The van der Waals surface area contributed by atoms with Crippen molar-refractivity contribution in [1.29, 1.82) is 0 Å². The first-order valence-corrected chi connectivity index (χ1v) is 4.47. The predicted molar refractivity (Wildman–Crippen MR) is 33.1 cm³/mol. The second kappa shape index (κ2) is 3.55. The van der Waals surface area contributed by atoms with Crippen LogP contribution >= 0.6 is 0 Å². The van der Waals surface area contributed by atoms with Crippen molar-refractivity contribution < 1.29 is 0 Å². The van der Waals surface area contributed by atoms with E-state index >= 15 is 0 Å². The summed E-state index contributed by atoms with van der Waals surface area (Å²) in [5.41, 5.74) is 0. The normalized spacial score (nSPS) is 11.1. The van der Waals surface area contributed by atoms with E-state index in [0.717, 1.165) is 0 Å². The van der Waals surface area contributed by atoms with Gasteiger partial charge in [0.2, 0.25) is 0 Å². The molecule has 0 spiro atoms. The minimum atomic E-state index is -0.188. The Bertz CT molecular complexity index is 39.0. The van der Waals surface area contributed by atoms with E-state index in [0.29, 0.717) is 0 Å². The molecule has 0 amide bonds. The van der Waals surface area contributed by atoms with Gasteiger partial charge in [0.15, 0.2) is 0 Å². The third kappa shape index (κ3) is 6.56. The Morgan fingerprint density at radius 2 is 1.14 bits per heavy atom. The SMILES string of the molecule is C[N](C)[Ga-][N](C)C. The van der Waals surface area contributed by atoms with Crippen molar-refractivity contribution in [1.82, 2.24) is 7.21 Å². The van der Waals surface area contributed by atoms with Gasteiger partial charge in [-0.05, 0) is 0 Å². The molecule has 0 aliphatic rings. The van der Waals surface area contributed by atoms with Crippen LogP contribution in [0.2, 0.25) is 0 Å². The van der Waals surface area contributed by atoms with Gasteiger partial charge >= 0.3 is 53.3 Å². The second-order valence-corrected chi connectivity index (χ2v) is 6.86.